The fraction of sp³-hybridized carbons (Fsp3) is 0.200. The van der Waals surface area contributed by atoms with E-state index in [2.05, 4.69) is 70.2 Å². The molecule has 0 radical (unpaired) electrons. The molecule has 3 aromatic carbocycles. The zero-order chi connectivity index (χ0) is 25.8. The summed E-state index contributed by atoms with van der Waals surface area (Å²) in [5, 5.41) is 25.4. The normalized spacial score (nSPS) is 13.7. The van der Waals surface area contributed by atoms with Crippen molar-refractivity contribution in [3.05, 3.63) is 118 Å². The maximum Gasteiger partial charge on any atom is 0.142 e. The summed E-state index contributed by atoms with van der Waals surface area (Å²) in [6.45, 7) is 8.62. The molecule has 0 atom stereocenters. The van der Waals surface area contributed by atoms with Crippen molar-refractivity contribution in [2.24, 2.45) is 0 Å². The molecular weight excluding hydrogens is 454 g/mol. The largest absolute Gasteiger partial charge is 0.505 e. The fourth-order valence-electron chi connectivity index (χ4n) is 4.04. The molecule has 0 amide bonds. The van der Waals surface area contributed by atoms with Gasteiger partial charge in [0.2, 0.25) is 0 Å². The average molecular weight is 486 g/mol. The Balaban J connectivity index is 0.000000320. The first-order valence-corrected chi connectivity index (χ1v) is 11.8. The van der Waals surface area contributed by atoms with Gasteiger partial charge >= 0.3 is 0 Å². The second-order valence-electron chi connectivity index (χ2n) is 9.63. The van der Waals surface area contributed by atoms with Gasteiger partial charge in [0.15, 0.2) is 0 Å². The summed E-state index contributed by atoms with van der Waals surface area (Å²) in [4.78, 5) is 0. The molecule has 0 heterocycles. The Bertz CT molecular complexity index is 1290. The minimum atomic E-state index is -0.359. The smallest absolute Gasteiger partial charge is 0.142 e. The Labute approximate surface area is 212 Å². The third-order valence-corrected chi connectivity index (χ3v) is 6.74. The number of hydrogen-bond donors (Lipinski definition) is 4. The Morgan fingerprint density at radius 2 is 1.23 bits per heavy atom. The Kier molecular flexibility index (Phi) is 7.67. The molecule has 180 valence electrons. The van der Waals surface area contributed by atoms with Crippen LogP contribution in [0.4, 0.5) is 5.69 Å². The van der Waals surface area contributed by atoms with Crippen LogP contribution in [0.15, 0.2) is 96.1 Å². The molecule has 35 heavy (non-hydrogen) atoms. The molecule has 0 saturated carbocycles. The molecule has 5 N–H and O–H groups in total. The van der Waals surface area contributed by atoms with Crippen molar-refractivity contribution >= 4 is 28.7 Å². The summed E-state index contributed by atoms with van der Waals surface area (Å²) in [5.74, 6) is 0.173. The predicted octanol–water partition coefficient (Wildman–Crippen LogP) is 7.34. The maximum absolute atomic E-state index is 10.7. The van der Waals surface area contributed by atoms with E-state index in [4.69, 9.17) is 28.2 Å². The van der Waals surface area contributed by atoms with Crippen LogP contribution in [0.5, 0.6) is 5.75 Å². The molecule has 0 fully saturated rings. The fourth-order valence-corrected chi connectivity index (χ4v) is 4.21. The maximum atomic E-state index is 10.7. The number of rotatable bonds is 4. The molecule has 5 heteroatoms. The van der Waals surface area contributed by atoms with E-state index in [0.717, 1.165) is 16.7 Å². The van der Waals surface area contributed by atoms with Gasteiger partial charge in [-0.15, -0.1) is 0 Å². The van der Waals surface area contributed by atoms with Gasteiger partial charge in [0.25, 0.3) is 0 Å². The van der Waals surface area contributed by atoms with Crippen molar-refractivity contribution in [2.75, 3.05) is 5.73 Å². The van der Waals surface area contributed by atoms with Crippen LogP contribution < -0.4 is 5.73 Å². The Morgan fingerprint density at radius 1 is 0.714 bits per heavy atom. The van der Waals surface area contributed by atoms with Gasteiger partial charge < -0.3 is 10.8 Å². The van der Waals surface area contributed by atoms with Gasteiger partial charge in [-0.2, -0.15) is 0 Å². The molecule has 4 nitrogen and oxygen atoms in total. The van der Waals surface area contributed by atoms with Gasteiger partial charge in [0, 0.05) is 21.4 Å². The molecule has 0 bridgehead atoms. The third-order valence-electron chi connectivity index (χ3n) is 6.51. The topological polar surface area (TPSA) is 93.9 Å². The van der Waals surface area contributed by atoms with Crippen LogP contribution in [-0.4, -0.2) is 16.5 Å². The van der Waals surface area contributed by atoms with Crippen LogP contribution in [0.1, 0.15) is 49.9 Å². The van der Waals surface area contributed by atoms with Crippen LogP contribution in [0.2, 0.25) is 0 Å². The van der Waals surface area contributed by atoms with Crippen LogP contribution in [0.25, 0.3) is 0 Å². The van der Waals surface area contributed by atoms with Crippen molar-refractivity contribution in [2.45, 2.75) is 38.5 Å². The van der Waals surface area contributed by atoms with Gasteiger partial charge in [-0.3, -0.25) is 10.8 Å². The van der Waals surface area contributed by atoms with Crippen molar-refractivity contribution in [3.63, 3.8) is 0 Å². The van der Waals surface area contributed by atoms with E-state index >= 15 is 0 Å². The molecule has 1 aliphatic carbocycles. The molecule has 0 spiro atoms. The first kappa shape index (κ1) is 26.0. The summed E-state index contributed by atoms with van der Waals surface area (Å²) in [6.07, 6.45) is 4.55. The van der Waals surface area contributed by atoms with Gasteiger partial charge in [0.05, 0.1) is 17.1 Å². The minimum absolute atomic E-state index is 0.169. The van der Waals surface area contributed by atoms with Crippen LogP contribution in [-0.2, 0) is 10.8 Å². The minimum Gasteiger partial charge on any atom is -0.505 e. The number of hydrogen-bond acceptors (Lipinski definition) is 4. The third kappa shape index (κ3) is 5.72. The molecule has 0 saturated heterocycles. The Hall–Kier alpha value is -3.63. The number of halogens is 1. The highest BCUT2D eigenvalue weighted by molar-refractivity contribution is 6.51. The van der Waals surface area contributed by atoms with Crippen molar-refractivity contribution in [1.29, 1.82) is 10.8 Å². The van der Waals surface area contributed by atoms with E-state index < -0.39 is 0 Å². The predicted molar refractivity (Wildman–Crippen MR) is 148 cm³/mol. The number of nitrogens with one attached hydrogen (secondary N) is 2. The summed E-state index contributed by atoms with van der Waals surface area (Å²) < 4.78 is 0. The van der Waals surface area contributed by atoms with E-state index in [1.54, 1.807) is 6.08 Å². The van der Waals surface area contributed by atoms with E-state index in [9.17, 15) is 5.11 Å². The first-order valence-electron chi connectivity index (χ1n) is 11.4. The summed E-state index contributed by atoms with van der Waals surface area (Å²) in [5.41, 5.74) is 10.7. The number of phenolic OH excluding ortho intramolecular Hbond substituents is 1. The summed E-state index contributed by atoms with van der Waals surface area (Å²) >= 11 is 5.51. The van der Waals surface area contributed by atoms with Crippen molar-refractivity contribution in [1.82, 2.24) is 0 Å². The number of anilines is 1. The quantitative estimate of drug-likeness (QED) is 0.177. The van der Waals surface area contributed by atoms with Crippen LogP contribution >= 0.6 is 11.6 Å². The lowest BCUT2D eigenvalue weighted by Gasteiger charge is -2.32. The van der Waals surface area contributed by atoms with E-state index in [1.807, 2.05) is 30.3 Å². The van der Waals surface area contributed by atoms with Crippen molar-refractivity contribution in [3.8, 4) is 5.75 Å². The zero-order valence-electron chi connectivity index (χ0n) is 20.6. The zero-order valence-corrected chi connectivity index (χ0v) is 21.3. The lowest BCUT2D eigenvalue weighted by molar-refractivity contribution is 0.454. The van der Waals surface area contributed by atoms with Gasteiger partial charge in [-0.1, -0.05) is 106 Å². The molecule has 1 aliphatic rings. The molecule has 4 rings (SSSR count). The number of nitrogens with two attached hydrogens (primary N) is 1. The lowest BCUT2D eigenvalue weighted by atomic mass is 9.72. The Morgan fingerprint density at radius 3 is 1.71 bits per heavy atom. The molecule has 0 aromatic heterocycles. The van der Waals surface area contributed by atoms with Crippen LogP contribution in [0.3, 0.4) is 0 Å². The highest BCUT2D eigenvalue weighted by Crippen LogP contribution is 2.43. The molecule has 3 aromatic rings. The number of aromatic hydroxyl groups is 1. The second-order valence-corrected chi connectivity index (χ2v) is 10.1. The van der Waals surface area contributed by atoms with Gasteiger partial charge in [-0.05, 0) is 41.0 Å². The van der Waals surface area contributed by atoms with Gasteiger partial charge in [0.1, 0.15) is 5.75 Å². The lowest BCUT2D eigenvalue weighted by Crippen LogP contribution is -2.23. The highest BCUT2D eigenvalue weighted by atomic mass is 35.5. The molecule has 0 aliphatic heterocycles. The van der Waals surface area contributed by atoms with E-state index in [-0.39, 0.29) is 28.0 Å². The van der Waals surface area contributed by atoms with Gasteiger partial charge in [-0.25, -0.2) is 0 Å². The SMILES string of the molecule is CC(C)(c1ccccc1)c1cc(N)c(O)c(C(C)(C)c2ccccc2)c1.N=C1C=CC(Cl)=CC1=N. The first-order chi connectivity index (χ1) is 16.4. The van der Waals surface area contributed by atoms with E-state index in [1.165, 1.54) is 17.7 Å². The monoisotopic (exact) mass is 485 g/mol. The van der Waals surface area contributed by atoms with E-state index in [0.29, 0.717) is 10.7 Å². The summed E-state index contributed by atoms with van der Waals surface area (Å²) in [6, 6.07) is 24.6. The highest BCUT2D eigenvalue weighted by Gasteiger charge is 2.31. The van der Waals surface area contributed by atoms with Crippen molar-refractivity contribution < 1.29 is 5.11 Å². The molecular formula is C30H32ClN3O. The standard InChI is InChI=1S/C24H27NO.C6H5ClN2/c1-23(2,17-11-7-5-8-12-17)19-15-20(22(26)21(25)16-19)24(3,4)18-13-9-6-10-14-18;7-4-1-2-5(8)6(9)3-4/h5-16,26H,25H2,1-4H3;1-3,8-9H. The number of allylic oxidation sites excluding steroid dienone is 4. The second kappa shape index (κ2) is 10.3. The number of benzene rings is 3. The average Bonchev–Trinajstić information content (AvgIpc) is 2.84. The molecule has 0 unspecified atom stereocenters. The van der Waals surface area contributed by atoms with Crippen LogP contribution in [0, 0.1) is 10.8 Å². The summed E-state index contributed by atoms with van der Waals surface area (Å²) in [7, 11) is 0. The number of phenols is 1. The number of nitrogen functional groups attached to an aromatic ring is 1.